The van der Waals surface area contributed by atoms with E-state index in [-0.39, 0.29) is 23.8 Å². The number of aromatic hydroxyl groups is 1. The van der Waals surface area contributed by atoms with Crippen LogP contribution >= 0.6 is 0 Å². The van der Waals surface area contributed by atoms with Gasteiger partial charge in [-0.25, -0.2) is 0 Å². The number of furan rings is 1. The lowest BCUT2D eigenvalue weighted by Crippen LogP contribution is -2.18. The van der Waals surface area contributed by atoms with Gasteiger partial charge in [-0.1, -0.05) is 13.8 Å². The normalized spacial score (nSPS) is 12.5. The number of nitrogens with two attached hydrogens (primary N) is 1. The number of carbonyl (C=O) groups excluding carboxylic acids is 1. The van der Waals surface area contributed by atoms with E-state index in [0.717, 1.165) is 0 Å². The van der Waals surface area contributed by atoms with Crippen LogP contribution in [0.5, 0.6) is 11.5 Å². The fourth-order valence-corrected chi connectivity index (χ4v) is 1.43. The molecule has 0 saturated carbocycles. The van der Waals surface area contributed by atoms with Crippen LogP contribution in [0.1, 0.15) is 31.8 Å². The third-order valence-corrected chi connectivity index (χ3v) is 2.53. The zero-order valence-electron chi connectivity index (χ0n) is 10.4. The van der Waals surface area contributed by atoms with Crippen LogP contribution in [0.15, 0.2) is 4.42 Å². The van der Waals surface area contributed by atoms with Crippen molar-refractivity contribution >= 4 is 5.97 Å². The average Bonchev–Trinajstić information content (AvgIpc) is 2.56. The highest BCUT2D eigenvalue weighted by molar-refractivity contribution is 5.74. The molecule has 1 aromatic heterocycles. The van der Waals surface area contributed by atoms with Crippen LogP contribution in [-0.2, 0) is 11.2 Å². The molecule has 96 valence electrons. The molecule has 0 spiro atoms. The zero-order valence-corrected chi connectivity index (χ0v) is 10.4. The molecule has 0 aliphatic heterocycles. The smallest absolute Gasteiger partial charge is 0.311 e. The van der Waals surface area contributed by atoms with Crippen molar-refractivity contribution in [2.45, 2.75) is 33.6 Å². The molecule has 1 heterocycles. The lowest BCUT2D eigenvalue weighted by Gasteiger charge is -2.08. The Morgan fingerprint density at radius 2 is 2.24 bits per heavy atom. The Labute approximate surface area is 101 Å². The molecule has 1 rings (SSSR count). The van der Waals surface area contributed by atoms with Crippen LogP contribution in [0.25, 0.3) is 0 Å². The number of carbonyl (C=O) groups is 1. The summed E-state index contributed by atoms with van der Waals surface area (Å²) in [6.07, 6.45) is 0.778. The summed E-state index contributed by atoms with van der Waals surface area (Å²) < 4.78 is 10.4. The van der Waals surface area contributed by atoms with Gasteiger partial charge in [0.15, 0.2) is 5.76 Å². The molecule has 17 heavy (non-hydrogen) atoms. The molecular formula is C12H19NO4. The Hall–Kier alpha value is -1.49. The Morgan fingerprint density at radius 1 is 1.59 bits per heavy atom. The SMILES string of the molecule is CCc1oc(C)c(O)c1OC(=O)CC(C)CN. The van der Waals surface area contributed by atoms with Crippen LogP contribution < -0.4 is 10.5 Å². The van der Waals surface area contributed by atoms with E-state index in [2.05, 4.69) is 0 Å². The van der Waals surface area contributed by atoms with E-state index < -0.39 is 5.97 Å². The number of aryl methyl sites for hydroxylation is 2. The molecule has 0 aromatic carbocycles. The molecule has 0 bridgehead atoms. The molecule has 0 radical (unpaired) electrons. The highest BCUT2D eigenvalue weighted by atomic mass is 16.6. The Kier molecular flexibility index (Phi) is 4.57. The van der Waals surface area contributed by atoms with Crippen molar-refractivity contribution < 1.29 is 19.1 Å². The maximum atomic E-state index is 11.6. The fourth-order valence-electron chi connectivity index (χ4n) is 1.43. The van der Waals surface area contributed by atoms with Crippen molar-refractivity contribution in [3.63, 3.8) is 0 Å². The molecule has 0 saturated heterocycles. The summed E-state index contributed by atoms with van der Waals surface area (Å²) in [5.74, 6) is 0.525. The predicted octanol–water partition coefficient (Wildman–Crippen LogP) is 1.75. The second kappa shape index (κ2) is 5.72. The van der Waals surface area contributed by atoms with Gasteiger partial charge in [0.25, 0.3) is 0 Å². The van der Waals surface area contributed by atoms with Crippen LogP contribution in [0.2, 0.25) is 0 Å². The van der Waals surface area contributed by atoms with Crippen molar-refractivity contribution in [2.24, 2.45) is 11.7 Å². The summed E-state index contributed by atoms with van der Waals surface area (Å²) in [6.45, 7) is 5.76. The fraction of sp³-hybridized carbons (Fsp3) is 0.583. The van der Waals surface area contributed by atoms with Gasteiger partial charge >= 0.3 is 5.97 Å². The van der Waals surface area contributed by atoms with Gasteiger partial charge < -0.3 is 20.0 Å². The topological polar surface area (TPSA) is 85.7 Å². The third kappa shape index (κ3) is 3.23. The summed E-state index contributed by atoms with van der Waals surface area (Å²) in [6, 6.07) is 0. The number of hydrogen-bond donors (Lipinski definition) is 2. The van der Waals surface area contributed by atoms with Crippen molar-refractivity contribution in [3.8, 4) is 11.5 Å². The van der Waals surface area contributed by atoms with Gasteiger partial charge in [-0.3, -0.25) is 4.79 Å². The first-order valence-corrected chi connectivity index (χ1v) is 5.71. The van der Waals surface area contributed by atoms with Crippen LogP contribution in [0.3, 0.4) is 0 Å². The maximum absolute atomic E-state index is 11.6. The third-order valence-electron chi connectivity index (χ3n) is 2.53. The molecule has 1 atom stereocenters. The number of esters is 1. The number of hydrogen-bond acceptors (Lipinski definition) is 5. The summed E-state index contributed by atoms with van der Waals surface area (Å²) in [5.41, 5.74) is 5.43. The van der Waals surface area contributed by atoms with Crippen molar-refractivity contribution in [1.82, 2.24) is 0 Å². The number of rotatable bonds is 5. The molecule has 1 unspecified atom stereocenters. The first-order chi connectivity index (χ1) is 7.99. The molecule has 5 nitrogen and oxygen atoms in total. The van der Waals surface area contributed by atoms with Gasteiger partial charge in [-0.15, -0.1) is 0 Å². The standard InChI is InChI=1S/C12H19NO4/c1-4-9-12(11(15)8(3)16-9)17-10(14)5-7(2)6-13/h7,15H,4-6,13H2,1-3H3. The van der Waals surface area contributed by atoms with Crippen LogP contribution in [0, 0.1) is 12.8 Å². The molecule has 3 N–H and O–H groups in total. The Morgan fingerprint density at radius 3 is 2.76 bits per heavy atom. The lowest BCUT2D eigenvalue weighted by molar-refractivity contribution is -0.135. The van der Waals surface area contributed by atoms with Gasteiger partial charge in [-0.05, 0) is 19.4 Å². The van der Waals surface area contributed by atoms with Crippen LogP contribution in [-0.4, -0.2) is 17.6 Å². The summed E-state index contributed by atoms with van der Waals surface area (Å²) >= 11 is 0. The van der Waals surface area contributed by atoms with Crippen molar-refractivity contribution in [3.05, 3.63) is 11.5 Å². The highest BCUT2D eigenvalue weighted by Gasteiger charge is 2.21. The molecule has 1 aromatic rings. The average molecular weight is 241 g/mol. The first kappa shape index (κ1) is 13.6. The number of ether oxygens (including phenoxy) is 1. The predicted molar refractivity (Wildman–Crippen MR) is 63.0 cm³/mol. The quantitative estimate of drug-likeness (QED) is 0.767. The molecule has 0 amide bonds. The van der Waals surface area contributed by atoms with Gasteiger partial charge in [0, 0.05) is 12.8 Å². The summed E-state index contributed by atoms with van der Waals surface area (Å²) in [7, 11) is 0. The molecule has 0 aliphatic rings. The van der Waals surface area contributed by atoms with E-state index >= 15 is 0 Å². The highest BCUT2D eigenvalue weighted by Crippen LogP contribution is 2.37. The second-order valence-electron chi connectivity index (χ2n) is 4.13. The lowest BCUT2D eigenvalue weighted by atomic mass is 10.1. The minimum atomic E-state index is -0.409. The van der Waals surface area contributed by atoms with E-state index in [4.69, 9.17) is 14.9 Å². The van der Waals surface area contributed by atoms with Gasteiger partial charge in [-0.2, -0.15) is 0 Å². The van der Waals surface area contributed by atoms with E-state index in [1.807, 2.05) is 13.8 Å². The summed E-state index contributed by atoms with van der Waals surface area (Å²) in [4.78, 5) is 11.6. The molecule has 5 heteroatoms. The molecule has 0 fully saturated rings. The zero-order chi connectivity index (χ0) is 13.0. The second-order valence-corrected chi connectivity index (χ2v) is 4.13. The minimum absolute atomic E-state index is 0.0581. The monoisotopic (exact) mass is 241 g/mol. The van der Waals surface area contributed by atoms with Crippen molar-refractivity contribution in [2.75, 3.05) is 6.54 Å². The molecular weight excluding hydrogens is 222 g/mol. The largest absolute Gasteiger partial charge is 0.502 e. The van der Waals surface area contributed by atoms with Crippen molar-refractivity contribution in [1.29, 1.82) is 0 Å². The van der Waals surface area contributed by atoms with Crippen LogP contribution in [0.4, 0.5) is 0 Å². The first-order valence-electron chi connectivity index (χ1n) is 5.71. The molecule has 0 aliphatic carbocycles. The van der Waals surface area contributed by atoms with Gasteiger partial charge in [0.05, 0.1) is 0 Å². The minimum Gasteiger partial charge on any atom is -0.502 e. The van der Waals surface area contributed by atoms with E-state index in [1.165, 1.54) is 0 Å². The van der Waals surface area contributed by atoms with E-state index in [0.29, 0.717) is 24.5 Å². The summed E-state index contributed by atoms with van der Waals surface area (Å²) in [5, 5.41) is 9.69. The van der Waals surface area contributed by atoms with E-state index in [9.17, 15) is 9.90 Å². The van der Waals surface area contributed by atoms with E-state index in [1.54, 1.807) is 6.92 Å². The Bertz CT molecular complexity index is 397. The van der Waals surface area contributed by atoms with Gasteiger partial charge in [0.1, 0.15) is 5.76 Å². The maximum Gasteiger partial charge on any atom is 0.311 e. The Balaban J connectivity index is 2.77. The van der Waals surface area contributed by atoms with Gasteiger partial charge in [0.2, 0.25) is 11.5 Å².